The first-order valence-corrected chi connectivity index (χ1v) is 19.4. The number of para-hydroxylation sites is 1. The van der Waals surface area contributed by atoms with E-state index in [9.17, 15) is 0 Å². The molecule has 7 aromatic rings. The van der Waals surface area contributed by atoms with Gasteiger partial charge in [0.2, 0.25) is 0 Å². The Hall–Kier alpha value is -5.04. The van der Waals surface area contributed by atoms with Gasteiger partial charge in [0.1, 0.15) is 23.7 Å². The molecule has 254 valence electrons. The highest BCUT2D eigenvalue weighted by atomic mass is 28.4. The van der Waals surface area contributed by atoms with E-state index in [1.54, 1.807) is 7.11 Å². The Morgan fingerprint density at radius 1 is 0.720 bits per heavy atom. The van der Waals surface area contributed by atoms with Gasteiger partial charge in [-0.3, -0.25) is 0 Å². The number of H-pyrrole nitrogens is 1. The van der Waals surface area contributed by atoms with E-state index in [4.69, 9.17) is 18.3 Å². The number of nitrogens with one attached hydrogen (secondary N) is 1. The topological polar surface area (TPSA) is 56.6 Å². The van der Waals surface area contributed by atoms with Crippen molar-refractivity contribution in [3.05, 3.63) is 144 Å². The lowest BCUT2D eigenvalue weighted by molar-refractivity contribution is 0.302. The molecule has 0 aliphatic heterocycles. The van der Waals surface area contributed by atoms with Crippen molar-refractivity contribution >= 4 is 40.6 Å². The Morgan fingerprint density at radius 2 is 1.38 bits per heavy atom. The van der Waals surface area contributed by atoms with Crippen molar-refractivity contribution in [1.29, 1.82) is 0 Å². The fourth-order valence-electron chi connectivity index (χ4n) is 7.30. The highest BCUT2D eigenvalue weighted by molar-refractivity contribution is 6.99. The van der Waals surface area contributed by atoms with Gasteiger partial charge in [-0.25, -0.2) is 0 Å². The molecular formula is C44H45NO4Si. The normalized spacial score (nSPS) is 12.1. The first kappa shape index (κ1) is 33.5. The van der Waals surface area contributed by atoms with Gasteiger partial charge in [0.05, 0.1) is 23.7 Å². The van der Waals surface area contributed by atoms with Crippen LogP contribution in [-0.2, 0) is 23.9 Å². The molecule has 0 aliphatic carbocycles. The lowest BCUT2D eigenvalue weighted by Gasteiger charge is -2.43. The Balaban J connectivity index is 1.31. The number of aromatic nitrogens is 1. The van der Waals surface area contributed by atoms with E-state index < -0.39 is 8.32 Å². The van der Waals surface area contributed by atoms with Crippen molar-refractivity contribution < 1.29 is 18.3 Å². The van der Waals surface area contributed by atoms with Crippen LogP contribution in [0.2, 0.25) is 5.04 Å². The minimum absolute atomic E-state index is 0.127. The summed E-state index contributed by atoms with van der Waals surface area (Å²) in [5.41, 5.74) is 6.00. The number of fused-ring (bicyclic) bond motifs is 2. The van der Waals surface area contributed by atoms with Crippen molar-refractivity contribution in [2.24, 2.45) is 0 Å². The van der Waals surface area contributed by atoms with Gasteiger partial charge < -0.3 is 23.3 Å². The summed E-state index contributed by atoms with van der Waals surface area (Å²) in [6.45, 7) is 10.1. The van der Waals surface area contributed by atoms with Gasteiger partial charge in [0, 0.05) is 17.6 Å². The minimum atomic E-state index is -2.74. The number of hydrogen-bond donors (Lipinski definition) is 1. The van der Waals surface area contributed by atoms with Crippen LogP contribution in [0.25, 0.3) is 33.3 Å². The van der Waals surface area contributed by atoms with Crippen LogP contribution in [0.1, 0.15) is 44.4 Å². The number of methoxy groups -OCH3 is 1. The third-order valence-corrected chi connectivity index (χ3v) is 14.8. The van der Waals surface area contributed by atoms with Gasteiger partial charge in [-0.05, 0) is 63.6 Å². The summed E-state index contributed by atoms with van der Waals surface area (Å²) in [5, 5.41) is 4.45. The predicted molar refractivity (Wildman–Crippen MR) is 207 cm³/mol. The fourth-order valence-corrected chi connectivity index (χ4v) is 11.9. The second-order valence-corrected chi connectivity index (χ2v) is 18.2. The molecule has 2 aromatic heterocycles. The molecule has 5 nitrogen and oxygen atoms in total. The molecule has 0 bridgehead atoms. The quantitative estimate of drug-likeness (QED) is 0.131. The molecule has 0 saturated heterocycles. The number of benzene rings is 5. The van der Waals surface area contributed by atoms with Gasteiger partial charge in [0.25, 0.3) is 8.32 Å². The number of furan rings is 1. The van der Waals surface area contributed by atoms with Gasteiger partial charge in [0.15, 0.2) is 5.76 Å². The van der Waals surface area contributed by atoms with Gasteiger partial charge in [-0.15, -0.1) is 0 Å². The van der Waals surface area contributed by atoms with E-state index in [-0.39, 0.29) is 5.04 Å². The zero-order valence-electron chi connectivity index (χ0n) is 29.6. The summed E-state index contributed by atoms with van der Waals surface area (Å²) in [7, 11) is -1.00. The van der Waals surface area contributed by atoms with E-state index in [0.717, 1.165) is 67.9 Å². The zero-order valence-corrected chi connectivity index (χ0v) is 30.6. The number of aryl methyl sites for hydroxylation is 1. The lowest BCUT2D eigenvalue weighted by atomic mass is 10.0. The summed E-state index contributed by atoms with van der Waals surface area (Å²) in [6.07, 6.45) is 1.52. The number of hydrogen-bond acceptors (Lipinski definition) is 4. The standard InChI is InChI=1S/C44H45NO4Si/c1-6-31-27-39(46-5)41-36(25-26-48-50(44(2,3)4,34-20-12-8-13-21-34)35-22-14-9-15-23-35)43(49-40(41)28-31)37-29-33-19-16-24-38(42(33)45-37)47-30-32-17-10-7-11-18-32/h7-24,27-29,45H,6,25-26,30H2,1-5H3. The van der Waals surface area contributed by atoms with Gasteiger partial charge in [-0.1, -0.05) is 131 Å². The molecule has 0 amide bonds. The van der Waals surface area contributed by atoms with E-state index >= 15 is 0 Å². The average Bonchev–Trinajstić information content (AvgIpc) is 3.75. The van der Waals surface area contributed by atoms with Gasteiger partial charge in [-0.2, -0.15) is 0 Å². The lowest BCUT2D eigenvalue weighted by Crippen LogP contribution is -2.66. The Morgan fingerprint density at radius 3 is 2.00 bits per heavy atom. The van der Waals surface area contributed by atoms with Crippen LogP contribution in [0, 0.1) is 0 Å². The molecule has 5 aromatic carbocycles. The molecule has 0 radical (unpaired) electrons. The molecule has 2 heterocycles. The molecule has 0 aliphatic rings. The Kier molecular flexibility index (Phi) is 9.41. The van der Waals surface area contributed by atoms with Crippen molar-refractivity contribution in [2.45, 2.75) is 52.2 Å². The van der Waals surface area contributed by atoms with Crippen molar-refractivity contribution in [1.82, 2.24) is 4.98 Å². The third kappa shape index (κ3) is 6.25. The Bertz CT molecular complexity index is 2160. The van der Waals surface area contributed by atoms with Crippen LogP contribution in [0.3, 0.4) is 0 Å². The molecule has 0 atom stereocenters. The SMILES string of the molecule is CCc1cc(OC)c2c(CCO[Si](c3ccccc3)(c3ccccc3)C(C)(C)C)c(-c3cc4cccc(OCc5ccccc5)c4[nH]3)oc2c1. The fraction of sp³-hybridized carbons (Fsp3) is 0.227. The van der Waals surface area contributed by atoms with Crippen molar-refractivity contribution in [3.8, 4) is 23.0 Å². The summed E-state index contributed by atoms with van der Waals surface area (Å²) in [4.78, 5) is 3.68. The Labute approximate surface area is 296 Å². The summed E-state index contributed by atoms with van der Waals surface area (Å²) in [5.74, 6) is 2.41. The van der Waals surface area contributed by atoms with Crippen LogP contribution in [0.15, 0.2) is 132 Å². The molecule has 0 saturated carbocycles. The highest BCUT2D eigenvalue weighted by Crippen LogP contribution is 2.42. The predicted octanol–water partition coefficient (Wildman–Crippen LogP) is 9.85. The minimum Gasteiger partial charge on any atom is -0.496 e. The third-order valence-electron chi connectivity index (χ3n) is 9.73. The summed E-state index contributed by atoms with van der Waals surface area (Å²) in [6, 6.07) is 44.4. The maximum atomic E-state index is 7.38. The molecule has 0 fully saturated rings. The monoisotopic (exact) mass is 679 g/mol. The van der Waals surface area contributed by atoms with Crippen LogP contribution in [0.4, 0.5) is 0 Å². The van der Waals surface area contributed by atoms with Crippen LogP contribution < -0.4 is 19.8 Å². The molecule has 1 N–H and O–H groups in total. The molecule has 0 spiro atoms. The smallest absolute Gasteiger partial charge is 0.261 e. The van der Waals surface area contributed by atoms with Crippen molar-refractivity contribution in [3.63, 3.8) is 0 Å². The maximum Gasteiger partial charge on any atom is 0.261 e. The number of rotatable bonds is 12. The zero-order chi connectivity index (χ0) is 34.7. The largest absolute Gasteiger partial charge is 0.496 e. The van der Waals surface area contributed by atoms with Crippen LogP contribution in [-0.4, -0.2) is 27.0 Å². The van der Waals surface area contributed by atoms with E-state index in [1.165, 1.54) is 10.4 Å². The molecule has 0 unspecified atom stereocenters. The second kappa shape index (κ2) is 14.1. The number of aromatic amines is 1. The summed E-state index contributed by atoms with van der Waals surface area (Å²) < 4.78 is 26.5. The molecule has 7 rings (SSSR count). The summed E-state index contributed by atoms with van der Waals surface area (Å²) >= 11 is 0. The number of ether oxygens (including phenoxy) is 2. The van der Waals surface area contributed by atoms with Crippen molar-refractivity contribution in [2.75, 3.05) is 13.7 Å². The maximum absolute atomic E-state index is 7.38. The average molecular weight is 680 g/mol. The van der Waals surface area contributed by atoms with Gasteiger partial charge >= 0.3 is 0 Å². The first-order valence-electron chi connectivity index (χ1n) is 17.5. The van der Waals surface area contributed by atoms with E-state index in [0.29, 0.717) is 19.6 Å². The van der Waals surface area contributed by atoms with E-state index in [2.05, 4.69) is 130 Å². The molecule has 6 heteroatoms. The van der Waals surface area contributed by atoms with E-state index in [1.807, 2.05) is 30.3 Å². The second-order valence-electron chi connectivity index (χ2n) is 13.9. The van der Waals surface area contributed by atoms with Crippen LogP contribution in [0.5, 0.6) is 11.5 Å². The molecular weight excluding hydrogens is 635 g/mol. The highest BCUT2D eigenvalue weighted by Gasteiger charge is 2.50. The first-order chi connectivity index (χ1) is 24.3. The molecule has 50 heavy (non-hydrogen) atoms. The van der Waals surface area contributed by atoms with Crippen LogP contribution >= 0.6 is 0 Å².